The molecule has 0 aliphatic carbocycles. The van der Waals surface area contributed by atoms with E-state index in [2.05, 4.69) is 54.3 Å². The molecule has 1 heterocycles. The lowest BCUT2D eigenvalue weighted by Gasteiger charge is -2.21. The van der Waals surface area contributed by atoms with E-state index in [1.807, 2.05) is 0 Å². The zero-order valence-corrected chi connectivity index (χ0v) is 12.1. The molecule has 0 amide bonds. The van der Waals surface area contributed by atoms with Crippen LogP contribution < -0.4 is 5.73 Å². The quantitative estimate of drug-likeness (QED) is 0.843. The monoisotopic (exact) mass is 266 g/mol. The SMILES string of the molecule is Cc1ccc(CN2CCCc3ccccc3C2)cc1N. The number of fused-ring (bicyclic) bond motifs is 1. The van der Waals surface area contributed by atoms with Crippen LogP contribution in [-0.4, -0.2) is 11.4 Å². The molecule has 2 aromatic carbocycles. The van der Waals surface area contributed by atoms with Crippen molar-refractivity contribution in [3.05, 3.63) is 64.7 Å². The standard InChI is InChI=1S/C18H22N2/c1-14-8-9-15(11-18(14)19)12-20-10-4-7-16-5-2-3-6-17(16)13-20/h2-3,5-6,8-9,11H,4,7,10,12-13,19H2,1H3. The van der Waals surface area contributed by atoms with Crippen molar-refractivity contribution in [2.24, 2.45) is 0 Å². The maximum atomic E-state index is 6.01. The molecule has 0 bridgehead atoms. The van der Waals surface area contributed by atoms with E-state index in [-0.39, 0.29) is 0 Å². The zero-order valence-electron chi connectivity index (χ0n) is 12.1. The predicted octanol–water partition coefficient (Wildman–Crippen LogP) is 3.53. The van der Waals surface area contributed by atoms with Crippen molar-refractivity contribution in [3.63, 3.8) is 0 Å². The molecule has 1 aliphatic rings. The van der Waals surface area contributed by atoms with Gasteiger partial charge in [0, 0.05) is 18.8 Å². The molecular formula is C18H22N2. The van der Waals surface area contributed by atoms with Gasteiger partial charge in [0.15, 0.2) is 0 Å². The Hall–Kier alpha value is -1.80. The maximum absolute atomic E-state index is 6.01. The van der Waals surface area contributed by atoms with Crippen LogP contribution in [0, 0.1) is 6.92 Å². The molecule has 0 spiro atoms. The predicted molar refractivity (Wildman–Crippen MR) is 84.5 cm³/mol. The number of hydrogen-bond donors (Lipinski definition) is 1. The minimum Gasteiger partial charge on any atom is -0.399 e. The molecule has 2 nitrogen and oxygen atoms in total. The van der Waals surface area contributed by atoms with E-state index >= 15 is 0 Å². The van der Waals surface area contributed by atoms with Gasteiger partial charge in [0.05, 0.1) is 0 Å². The maximum Gasteiger partial charge on any atom is 0.0346 e. The first-order valence-corrected chi connectivity index (χ1v) is 7.36. The Morgan fingerprint density at radius 2 is 1.90 bits per heavy atom. The Morgan fingerprint density at radius 3 is 2.70 bits per heavy atom. The summed E-state index contributed by atoms with van der Waals surface area (Å²) in [5, 5.41) is 0. The molecule has 0 fully saturated rings. The summed E-state index contributed by atoms with van der Waals surface area (Å²) in [6.45, 7) is 5.24. The van der Waals surface area contributed by atoms with Gasteiger partial charge in [-0.3, -0.25) is 4.90 Å². The molecule has 104 valence electrons. The fraction of sp³-hybridized carbons (Fsp3) is 0.333. The van der Waals surface area contributed by atoms with Crippen molar-refractivity contribution in [3.8, 4) is 0 Å². The van der Waals surface area contributed by atoms with E-state index in [1.165, 1.54) is 29.5 Å². The van der Waals surface area contributed by atoms with Crippen LogP contribution in [0.25, 0.3) is 0 Å². The van der Waals surface area contributed by atoms with Crippen LogP contribution in [-0.2, 0) is 19.5 Å². The largest absolute Gasteiger partial charge is 0.399 e. The summed E-state index contributed by atoms with van der Waals surface area (Å²) in [4.78, 5) is 2.52. The van der Waals surface area contributed by atoms with Crippen LogP contribution >= 0.6 is 0 Å². The molecule has 0 atom stereocenters. The lowest BCUT2D eigenvalue weighted by Crippen LogP contribution is -2.22. The average molecular weight is 266 g/mol. The smallest absolute Gasteiger partial charge is 0.0346 e. The first kappa shape index (κ1) is 13.2. The molecule has 0 radical (unpaired) electrons. The average Bonchev–Trinajstić information content (AvgIpc) is 2.64. The van der Waals surface area contributed by atoms with E-state index in [0.29, 0.717) is 0 Å². The summed E-state index contributed by atoms with van der Waals surface area (Å²) in [6.07, 6.45) is 2.43. The van der Waals surface area contributed by atoms with Gasteiger partial charge in [0.25, 0.3) is 0 Å². The molecule has 1 aliphatic heterocycles. The van der Waals surface area contributed by atoms with Crippen LogP contribution in [0.5, 0.6) is 0 Å². The number of nitrogens with zero attached hydrogens (tertiary/aromatic N) is 1. The zero-order chi connectivity index (χ0) is 13.9. The minimum atomic E-state index is 0.901. The van der Waals surface area contributed by atoms with Gasteiger partial charge in [-0.1, -0.05) is 36.4 Å². The van der Waals surface area contributed by atoms with Crippen molar-refractivity contribution in [1.29, 1.82) is 0 Å². The Balaban J connectivity index is 1.76. The van der Waals surface area contributed by atoms with Crippen LogP contribution in [0.1, 0.15) is 28.7 Å². The van der Waals surface area contributed by atoms with E-state index in [1.54, 1.807) is 0 Å². The Kier molecular flexibility index (Phi) is 3.75. The second-order valence-electron chi connectivity index (χ2n) is 5.77. The van der Waals surface area contributed by atoms with E-state index in [9.17, 15) is 0 Å². The first-order valence-electron chi connectivity index (χ1n) is 7.36. The molecule has 0 unspecified atom stereocenters. The van der Waals surface area contributed by atoms with Gasteiger partial charge >= 0.3 is 0 Å². The Bertz CT molecular complexity index is 604. The summed E-state index contributed by atoms with van der Waals surface area (Å²) in [5.41, 5.74) is 12.4. The van der Waals surface area contributed by atoms with Crippen molar-refractivity contribution in [2.45, 2.75) is 32.9 Å². The third kappa shape index (κ3) is 2.86. The fourth-order valence-electron chi connectivity index (χ4n) is 2.95. The van der Waals surface area contributed by atoms with Gasteiger partial charge in [0.2, 0.25) is 0 Å². The highest BCUT2D eigenvalue weighted by Crippen LogP contribution is 2.21. The van der Waals surface area contributed by atoms with Crippen LogP contribution in [0.3, 0.4) is 0 Å². The van der Waals surface area contributed by atoms with Gasteiger partial charge in [-0.15, -0.1) is 0 Å². The molecule has 2 aromatic rings. The molecule has 2 heteroatoms. The summed E-state index contributed by atoms with van der Waals surface area (Å²) in [7, 11) is 0. The highest BCUT2D eigenvalue weighted by molar-refractivity contribution is 5.48. The van der Waals surface area contributed by atoms with E-state index < -0.39 is 0 Å². The summed E-state index contributed by atoms with van der Waals surface area (Å²) < 4.78 is 0. The summed E-state index contributed by atoms with van der Waals surface area (Å²) in [6, 6.07) is 15.3. The molecule has 0 aromatic heterocycles. The van der Waals surface area contributed by atoms with Gasteiger partial charge in [0.1, 0.15) is 0 Å². The molecule has 3 rings (SSSR count). The Morgan fingerprint density at radius 1 is 1.10 bits per heavy atom. The third-order valence-corrected chi connectivity index (χ3v) is 4.18. The van der Waals surface area contributed by atoms with Gasteiger partial charge in [-0.05, 0) is 54.6 Å². The molecule has 0 saturated carbocycles. The molecule has 2 N–H and O–H groups in total. The van der Waals surface area contributed by atoms with Crippen molar-refractivity contribution in [1.82, 2.24) is 4.90 Å². The van der Waals surface area contributed by atoms with Crippen LogP contribution in [0.15, 0.2) is 42.5 Å². The van der Waals surface area contributed by atoms with E-state index in [4.69, 9.17) is 5.73 Å². The van der Waals surface area contributed by atoms with E-state index in [0.717, 1.165) is 30.9 Å². The van der Waals surface area contributed by atoms with Crippen molar-refractivity contribution < 1.29 is 0 Å². The number of nitrogen functional groups attached to an aromatic ring is 1. The lowest BCUT2D eigenvalue weighted by molar-refractivity contribution is 0.261. The van der Waals surface area contributed by atoms with Gasteiger partial charge in [-0.25, -0.2) is 0 Å². The minimum absolute atomic E-state index is 0.901. The number of benzene rings is 2. The van der Waals surface area contributed by atoms with Crippen LogP contribution in [0.2, 0.25) is 0 Å². The third-order valence-electron chi connectivity index (χ3n) is 4.18. The Labute approximate surface area is 121 Å². The molecular weight excluding hydrogens is 244 g/mol. The van der Waals surface area contributed by atoms with Crippen LogP contribution in [0.4, 0.5) is 5.69 Å². The number of rotatable bonds is 2. The second kappa shape index (κ2) is 5.68. The number of aryl methyl sites for hydroxylation is 2. The lowest BCUT2D eigenvalue weighted by atomic mass is 10.0. The number of hydrogen-bond acceptors (Lipinski definition) is 2. The second-order valence-corrected chi connectivity index (χ2v) is 5.77. The molecule has 0 saturated heterocycles. The highest BCUT2D eigenvalue weighted by Gasteiger charge is 2.14. The normalized spacial score (nSPS) is 15.7. The number of nitrogens with two attached hydrogens (primary N) is 1. The highest BCUT2D eigenvalue weighted by atomic mass is 15.1. The van der Waals surface area contributed by atoms with Crippen molar-refractivity contribution >= 4 is 5.69 Å². The summed E-state index contributed by atoms with van der Waals surface area (Å²) in [5.74, 6) is 0. The van der Waals surface area contributed by atoms with Crippen molar-refractivity contribution in [2.75, 3.05) is 12.3 Å². The topological polar surface area (TPSA) is 29.3 Å². The molecule has 20 heavy (non-hydrogen) atoms. The van der Waals surface area contributed by atoms with Gasteiger partial charge < -0.3 is 5.73 Å². The first-order chi connectivity index (χ1) is 9.72. The fourth-order valence-corrected chi connectivity index (χ4v) is 2.95. The van der Waals surface area contributed by atoms with Gasteiger partial charge in [-0.2, -0.15) is 0 Å². The number of anilines is 1. The summed E-state index contributed by atoms with van der Waals surface area (Å²) >= 11 is 0.